The molecule has 13 rings (SSSR count). The maximum absolute atomic E-state index is 4.03. The zero-order valence-electron chi connectivity index (χ0n) is 37.3. The number of nitrogens with one attached hydrogen (secondary N) is 2. The second kappa shape index (κ2) is 15.3. The number of hydrogen-bond donors (Lipinski definition) is 2. The molecule has 0 aliphatic heterocycles. The fourth-order valence-corrected chi connectivity index (χ4v) is 11.0. The number of para-hydroxylation sites is 4. The molecule has 1 aliphatic rings. The lowest BCUT2D eigenvalue weighted by molar-refractivity contribution is 0.662. The van der Waals surface area contributed by atoms with Gasteiger partial charge in [-0.1, -0.05) is 153 Å². The van der Waals surface area contributed by atoms with Crippen LogP contribution in [0, 0.1) is 0 Å². The lowest BCUT2D eigenvalue weighted by Crippen LogP contribution is -2.17. The van der Waals surface area contributed by atoms with Crippen LogP contribution in [0.3, 0.4) is 0 Å². The molecule has 0 saturated heterocycles. The number of anilines is 4. The van der Waals surface area contributed by atoms with Gasteiger partial charge in [-0.15, -0.1) is 0 Å². The highest BCUT2D eigenvalue weighted by atomic mass is 15.0. The van der Waals surface area contributed by atoms with E-state index in [0.717, 1.165) is 34.1 Å². The molecule has 1 aliphatic carbocycles. The Morgan fingerprint density at radius 1 is 0.343 bits per heavy atom. The minimum Gasteiger partial charge on any atom is -0.356 e. The molecule has 4 heteroatoms. The lowest BCUT2D eigenvalue weighted by atomic mass is 9.77. The van der Waals surface area contributed by atoms with Gasteiger partial charge in [0.15, 0.2) is 0 Å². The molecule has 2 heterocycles. The van der Waals surface area contributed by atoms with Crippen molar-refractivity contribution >= 4 is 66.4 Å². The van der Waals surface area contributed by atoms with E-state index < -0.39 is 0 Å². The number of benzene rings is 10. The van der Waals surface area contributed by atoms with Gasteiger partial charge in [0.05, 0.1) is 27.8 Å². The average Bonchev–Trinajstić information content (AvgIpc) is 3.98. The Balaban J connectivity index is 0.898. The quantitative estimate of drug-likeness (QED) is 0.160. The molecule has 0 unspecified atom stereocenters. The van der Waals surface area contributed by atoms with Crippen LogP contribution in [0.15, 0.2) is 231 Å². The second-order valence-electron chi connectivity index (χ2n) is 18.3. The number of rotatable bonds is 8. The van der Waals surface area contributed by atoms with E-state index in [-0.39, 0.29) is 5.41 Å². The van der Waals surface area contributed by atoms with E-state index in [9.17, 15) is 0 Å². The molecule has 2 aromatic heterocycles. The molecular weight excluding hydrogens is 813 g/mol. The Labute approximate surface area is 390 Å². The van der Waals surface area contributed by atoms with Crippen LogP contribution in [-0.4, -0.2) is 9.13 Å². The molecule has 0 amide bonds. The van der Waals surface area contributed by atoms with Crippen LogP contribution in [0.1, 0.15) is 25.0 Å². The van der Waals surface area contributed by atoms with E-state index in [1.165, 1.54) is 88.1 Å². The molecule has 10 aromatic carbocycles. The van der Waals surface area contributed by atoms with Gasteiger partial charge < -0.3 is 19.8 Å². The first kappa shape index (κ1) is 38.8. The number of hydrogen-bond acceptors (Lipinski definition) is 2. The van der Waals surface area contributed by atoms with Crippen molar-refractivity contribution in [3.63, 3.8) is 0 Å². The Morgan fingerprint density at radius 2 is 0.761 bits per heavy atom. The summed E-state index contributed by atoms with van der Waals surface area (Å²) < 4.78 is 4.74. The summed E-state index contributed by atoms with van der Waals surface area (Å²) in [6.45, 7) is 4.78. The van der Waals surface area contributed by atoms with Crippen molar-refractivity contribution in [3.8, 4) is 44.8 Å². The fourth-order valence-electron chi connectivity index (χ4n) is 11.0. The molecule has 0 radical (unpaired) electrons. The molecule has 0 spiro atoms. The van der Waals surface area contributed by atoms with E-state index in [2.05, 4.69) is 264 Å². The Morgan fingerprint density at radius 3 is 1.25 bits per heavy atom. The average molecular weight is 859 g/mol. The van der Waals surface area contributed by atoms with E-state index in [1.54, 1.807) is 0 Å². The molecule has 0 saturated carbocycles. The highest BCUT2D eigenvalue weighted by Crippen LogP contribution is 2.57. The van der Waals surface area contributed by atoms with Gasteiger partial charge in [0, 0.05) is 66.5 Å². The number of fused-ring (bicyclic) bond motifs is 9. The molecule has 67 heavy (non-hydrogen) atoms. The van der Waals surface area contributed by atoms with Gasteiger partial charge >= 0.3 is 0 Å². The Kier molecular flexibility index (Phi) is 8.84. The highest BCUT2D eigenvalue weighted by Gasteiger charge is 2.40. The van der Waals surface area contributed by atoms with Gasteiger partial charge in [0.2, 0.25) is 0 Å². The van der Waals surface area contributed by atoms with Crippen LogP contribution in [0.4, 0.5) is 22.7 Å². The van der Waals surface area contributed by atoms with Crippen LogP contribution in [0.2, 0.25) is 0 Å². The molecule has 12 aromatic rings. The predicted molar refractivity (Wildman–Crippen MR) is 283 cm³/mol. The SMILES string of the molecule is CC1(C)c2cc(Nc3ccc(-n4c5ccccc5c5ccccc54)cc3)ccc2-c2cc(-c3ccccc3)c(Nc3ccc(-n4c5ccccc5c5ccccc54)cc3)c(-c3ccccc3)c21. The largest absolute Gasteiger partial charge is 0.356 e. The van der Waals surface area contributed by atoms with Crippen LogP contribution in [0.25, 0.3) is 88.4 Å². The summed E-state index contributed by atoms with van der Waals surface area (Å²) in [6.07, 6.45) is 0. The van der Waals surface area contributed by atoms with Crippen LogP contribution in [0.5, 0.6) is 0 Å². The summed E-state index contributed by atoms with van der Waals surface area (Å²) in [7, 11) is 0. The molecule has 0 fully saturated rings. The summed E-state index contributed by atoms with van der Waals surface area (Å²) in [5.74, 6) is 0. The van der Waals surface area contributed by atoms with Gasteiger partial charge in [-0.3, -0.25) is 0 Å². The van der Waals surface area contributed by atoms with Crippen molar-refractivity contribution in [2.24, 2.45) is 0 Å². The monoisotopic (exact) mass is 858 g/mol. The van der Waals surface area contributed by atoms with Crippen LogP contribution >= 0.6 is 0 Å². The van der Waals surface area contributed by atoms with Gasteiger partial charge in [0.25, 0.3) is 0 Å². The number of nitrogens with zero attached hydrogens (tertiary/aromatic N) is 2. The first-order valence-corrected chi connectivity index (χ1v) is 23.2. The van der Waals surface area contributed by atoms with Crippen LogP contribution < -0.4 is 10.6 Å². The topological polar surface area (TPSA) is 33.9 Å². The third-order valence-electron chi connectivity index (χ3n) is 14.1. The summed E-state index contributed by atoms with van der Waals surface area (Å²) >= 11 is 0. The molecule has 4 nitrogen and oxygen atoms in total. The molecular formula is C63H46N4. The zero-order chi connectivity index (χ0) is 44.6. The van der Waals surface area contributed by atoms with Crippen molar-refractivity contribution in [1.29, 1.82) is 0 Å². The fraction of sp³-hybridized carbons (Fsp3) is 0.0476. The van der Waals surface area contributed by atoms with E-state index >= 15 is 0 Å². The standard InChI is InChI=1S/C63H46N4/c1-63(2)55-39-45(64-43-29-34-46(35-30-43)66-56-25-13-9-21-49(56)50-22-10-14-26-57(50)66)33-38-48(55)54-40-53(41-17-5-3-6-18-41)62(60(61(54)63)42-19-7-4-8-20-42)65-44-31-36-47(37-32-44)67-58-27-15-11-23-51(58)52-24-12-16-28-59(52)67/h3-40,64-65H,1-2H3. The van der Waals surface area contributed by atoms with Crippen molar-refractivity contribution in [3.05, 3.63) is 242 Å². The van der Waals surface area contributed by atoms with E-state index in [1.807, 2.05) is 0 Å². The zero-order valence-corrected chi connectivity index (χ0v) is 37.3. The van der Waals surface area contributed by atoms with Gasteiger partial charge in [-0.25, -0.2) is 0 Å². The van der Waals surface area contributed by atoms with Crippen molar-refractivity contribution < 1.29 is 0 Å². The number of aromatic nitrogens is 2. The summed E-state index contributed by atoms with van der Waals surface area (Å²) in [6, 6.07) is 83.6. The first-order valence-electron chi connectivity index (χ1n) is 23.2. The molecule has 0 bridgehead atoms. The maximum atomic E-state index is 4.03. The third kappa shape index (κ3) is 6.21. The van der Waals surface area contributed by atoms with Gasteiger partial charge in [-0.05, 0) is 124 Å². The summed E-state index contributed by atoms with van der Waals surface area (Å²) in [4.78, 5) is 0. The Bertz CT molecular complexity index is 3750. The second-order valence-corrected chi connectivity index (χ2v) is 18.3. The molecule has 318 valence electrons. The van der Waals surface area contributed by atoms with E-state index in [4.69, 9.17) is 0 Å². The first-order chi connectivity index (χ1) is 33.0. The minimum absolute atomic E-state index is 0.319. The minimum atomic E-state index is -0.319. The van der Waals surface area contributed by atoms with Gasteiger partial charge in [0.1, 0.15) is 0 Å². The van der Waals surface area contributed by atoms with Crippen molar-refractivity contribution in [1.82, 2.24) is 9.13 Å². The Hall–Kier alpha value is -8.60. The molecule has 2 N–H and O–H groups in total. The smallest absolute Gasteiger partial charge is 0.0547 e. The summed E-state index contributed by atoms with van der Waals surface area (Å²) in [5, 5.41) is 12.9. The van der Waals surface area contributed by atoms with Gasteiger partial charge in [-0.2, -0.15) is 0 Å². The van der Waals surface area contributed by atoms with Crippen molar-refractivity contribution in [2.45, 2.75) is 19.3 Å². The van der Waals surface area contributed by atoms with Crippen LogP contribution in [-0.2, 0) is 5.41 Å². The lowest BCUT2D eigenvalue weighted by Gasteiger charge is -2.28. The maximum Gasteiger partial charge on any atom is 0.0547 e. The summed E-state index contributed by atoms with van der Waals surface area (Å²) in [5.41, 5.74) is 20.9. The van der Waals surface area contributed by atoms with Crippen molar-refractivity contribution in [2.75, 3.05) is 10.6 Å². The predicted octanol–water partition coefficient (Wildman–Crippen LogP) is 17.0. The third-order valence-corrected chi connectivity index (χ3v) is 14.1. The molecule has 0 atom stereocenters. The normalized spacial score (nSPS) is 12.7. The highest BCUT2D eigenvalue weighted by molar-refractivity contribution is 6.10. The van der Waals surface area contributed by atoms with E-state index in [0.29, 0.717) is 0 Å².